The molecule has 3 rings (SSSR count). The molecule has 6 nitrogen and oxygen atoms in total. The summed E-state index contributed by atoms with van der Waals surface area (Å²) in [4.78, 5) is 8.44. The number of hydrogen-bond donors (Lipinski definition) is 1. The SMILES string of the molecule is COCc1ccc(-c2nccnc2NS(=O)(=O)Cc2cccc(Cl)c2)cc1. The predicted octanol–water partition coefficient (Wildman–Crippen LogP) is 3.89. The number of methoxy groups -OCH3 is 1. The molecule has 0 radical (unpaired) electrons. The number of hydrogen-bond acceptors (Lipinski definition) is 5. The zero-order valence-electron chi connectivity index (χ0n) is 14.6. The Kier molecular flexibility index (Phi) is 6.05. The second-order valence-electron chi connectivity index (χ2n) is 5.87. The second-order valence-corrected chi connectivity index (χ2v) is 8.03. The van der Waals surface area contributed by atoms with Crippen LogP contribution in [0, 0.1) is 0 Å². The molecule has 1 N–H and O–H groups in total. The van der Waals surface area contributed by atoms with Gasteiger partial charge >= 0.3 is 0 Å². The molecule has 0 unspecified atom stereocenters. The van der Waals surface area contributed by atoms with Crippen molar-refractivity contribution in [1.29, 1.82) is 0 Å². The lowest BCUT2D eigenvalue weighted by Crippen LogP contribution is -2.17. The Morgan fingerprint density at radius 3 is 2.48 bits per heavy atom. The number of nitrogens with zero attached hydrogens (tertiary/aromatic N) is 2. The summed E-state index contributed by atoms with van der Waals surface area (Å²) in [6.45, 7) is 0.500. The smallest absolute Gasteiger partial charge is 0.238 e. The first kappa shape index (κ1) is 19.3. The van der Waals surface area contributed by atoms with Gasteiger partial charge in [0.15, 0.2) is 5.82 Å². The van der Waals surface area contributed by atoms with Gasteiger partial charge in [-0.25, -0.2) is 13.4 Å². The standard InChI is InChI=1S/C19H18ClN3O3S/c1-26-12-14-5-7-16(8-6-14)18-19(22-10-9-21-18)23-27(24,25)13-15-3-2-4-17(20)11-15/h2-11H,12-13H2,1H3,(H,22,23). The fraction of sp³-hybridized carbons (Fsp3) is 0.158. The van der Waals surface area contributed by atoms with Crippen LogP contribution in [0.25, 0.3) is 11.3 Å². The Bertz CT molecular complexity index is 1020. The lowest BCUT2D eigenvalue weighted by atomic mass is 10.1. The number of aromatic nitrogens is 2. The monoisotopic (exact) mass is 403 g/mol. The zero-order chi connectivity index (χ0) is 19.3. The molecule has 0 aliphatic heterocycles. The van der Waals surface area contributed by atoms with E-state index in [1.807, 2.05) is 24.3 Å². The third-order valence-electron chi connectivity index (χ3n) is 3.73. The molecular weight excluding hydrogens is 386 g/mol. The van der Waals surface area contributed by atoms with Crippen molar-refractivity contribution in [3.8, 4) is 11.3 Å². The van der Waals surface area contributed by atoms with Gasteiger partial charge in [0.05, 0.1) is 12.4 Å². The van der Waals surface area contributed by atoms with Crippen molar-refractivity contribution < 1.29 is 13.2 Å². The molecule has 0 amide bonds. The van der Waals surface area contributed by atoms with Gasteiger partial charge in [-0.05, 0) is 23.3 Å². The van der Waals surface area contributed by atoms with Crippen LogP contribution in [0.15, 0.2) is 60.9 Å². The summed E-state index contributed by atoms with van der Waals surface area (Å²) in [5, 5.41) is 0.485. The van der Waals surface area contributed by atoms with E-state index in [-0.39, 0.29) is 11.6 Å². The summed E-state index contributed by atoms with van der Waals surface area (Å²) < 4.78 is 32.8. The van der Waals surface area contributed by atoms with E-state index in [0.29, 0.717) is 22.9 Å². The second kappa shape index (κ2) is 8.47. The van der Waals surface area contributed by atoms with E-state index in [0.717, 1.165) is 11.1 Å². The first-order chi connectivity index (χ1) is 13.0. The van der Waals surface area contributed by atoms with E-state index in [4.69, 9.17) is 16.3 Å². The minimum absolute atomic E-state index is 0.180. The summed E-state index contributed by atoms with van der Waals surface area (Å²) >= 11 is 5.93. The molecule has 0 saturated carbocycles. The highest BCUT2D eigenvalue weighted by Gasteiger charge is 2.17. The Balaban J connectivity index is 1.85. The van der Waals surface area contributed by atoms with Gasteiger partial charge in [-0.15, -0.1) is 0 Å². The third kappa shape index (κ3) is 5.26. The number of anilines is 1. The molecule has 27 heavy (non-hydrogen) atoms. The van der Waals surface area contributed by atoms with Crippen LogP contribution in [0.4, 0.5) is 5.82 Å². The number of sulfonamides is 1. The summed E-state index contributed by atoms with van der Waals surface area (Å²) in [6, 6.07) is 14.2. The lowest BCUT2D eigenvalue weighted by Gasteiger charge is -2.11. The molecule has 0 bridgehead atoms. The number of halogens is 1. The van der Waals surface area contributed by atoms with Crippen LogP contribution in [0.2, 0.25) is 5.02 Å². The van der Waals surface area contributed by atoms with Crippen LogP contribution >= 0.6 is 11.6 Å². The van der Waals surface area contributed by atoms with Gasteiger partial charge in [-0.2, -0.15) is 0 Å². The van der Waals surface area contributed by atoms with Crippen LogP contribution in [-0.4, -0.2) is 25.5 Å². The third-order valence-corrected chi connectivity index (χ3v) is 5.19. The fourth-order valence-electron chi connectivity index (χ4n) is 2.58. The maximum Gasteiger partial charge on any atom is 0.238 e. The van der Waals surface area contributed by atoms with Crippen LogP contribution < -0.4 is 4.72 Å². The highest BCUT2D eigenvalue weighted by Crippen LogP contribution is 2.25. The molecule has 8 heteroatoms. The average Bonchev–Trinajstić information content (AvgIpc) is 2.62. The van der Waals surface area contributed by atoms with E-state index < -0.39 is 10.0 Å². The number of rotatable bonds is 7. The number of ether oxygens (including phenoxy) is 1. The van der Waals surface area contributed by atoms with Crippen molar-refractivity contribution in [3.05, 3.63) is 77.1 Å². The van der Waals surface area contributed by atoms with E-state index in [2.05, 4.69) is 14.7 Å². The maximum atomic E-state index is 12.6. The van der Waals surface area contributed by atoms with Gasteiger partial charge in [0.2, 0.25) is 10.0 Å². The van der Waals surface area contributed by atoms with Crippen molar-refractivity contribution in [3.63, 3.8) is 0 Å². The number of nitrogens with one attached hydrogen (secondary N) is 1. The molecule has 0 spiro atoms. The fourth-order valence-corrected chi connectivity index (χ4v) is 3.93. The van der Waals surface area contributed by atoms with Gasteiger partial charge in [0.1, 0.15) is 5.69 Å². The van der Waals surface area contributed by atoms with Gasteiger partial charge < -0.3 is 4.74 Å². The van der Waals surface area contributed by atoms with E-state index in [9.17, 15) is 8.42 Å². The molecule has 2 aromatic carbocycles. The van der Waals surface area contributed by atoms with Crippen molar-refractivity contribution in [1.82, 2.24) is 9.97 Å². The normalized spacial score (nSPS) is 11.3. The molecular formula is C19H18ClN3O3S. The van der Waals surface area contributed by atoms with E-state index in [1.165, 1.54) is 12.4 Å². The summed E-state index contributed by atoms with van der Waals surface area (Å²) in [7, 11) is -2.05. The highest BCUT2D eigenvalue weighted by molar-refractivity contribution is 7.91. The molecule has 0 aliphatic carbocycles. The van der Waals surface area contributed by atoms with Gasteiger partial charge in [-0.3, -0.25) is 9.71 Å². The Morgan fingerprint density at radius 2 is 1.78 bits per heavy atom. The van der Waals surface area contributed by atoms with Crippen molar-refractivity contribution >= 4 is 27.4 Å². The highest BCUT2D eigenvalue weighted by atomic mass is 35.5. The minimum Gasteiger partial charge on any atom is -0.380 e. The van der Waals surface area contributed by atoms with E-state index in [1.54, 1.807) is 31.4 Å². The molecule has 3 aromatic rings. The van der Waals surface area contributed by atoms with Crippen molar-refractivity contribution in [2.24, 2.45) is 0 Å². The van der Waals surface area contributed by atoms with Crippen LogP contribution in [0.3, 0.4) is 0 Å². The van der Waals surface area contributed by atoms with E-state index >= 15 is 0 Å². The molecule has 1 heterocycles. The maximum absolute atomic E-state index is 12.6. The first-order valence-corrected chi connectivity index (χ1v) is 10.1. The largest absolute Gasteiger partial charge is 0.380 e. The molecule has 0 fully saturated rings. The molecule has 0 saturated heterocycles. The van der Waals surface area contributed by atoms with Gasteiger partial charge in [0, 0.05) is 30.1 Å². The quantitative estimate of drug-likeness (QED) is 0.647. The average molecular weight is 404 g/mol. The number of benzene rings is 2. The Hall–Kier alpha value is -2.48. The zero-order valence-corrected chi connectivity index (χ0v) is 16.2. The first-order valence-electron chi connectivity index (χ1n) is 8.11. The summed E-state index contributed by atoms with van der Waals surface area (Å²) in [6.07, 6.45) is 2.97. The molecule has 1 aromatic heterocycles. The van der Waals surface area contributed by atoms with Crippen molar-refractivity contribution in [2.45, 2.75) is 12.4 Å². The molecule has 140 valence electrons. The Labute approximate surface area is 163 Å². The topological polar surface area (TPSA) is 81.2 Å². The van der Waals surface area contributed by atoms with Crippen LogP contribution in [0.1, 0.15) is 11.1 Å². The minimum atomic E-state index is -3.68. The molecule has 0 atom stereocenters. The predicted molar refractivity (Wildman–Crippen MR) is 106 cm³/mol. The summed E-state index contributed by atoms with van der Waals surface area (Å²) in [5.41, 5.74) is 2.80. The van der Waals surface area contributed by atoms with Gasteiger partial charge in [0.25, 0.3) is 0 Å². The van der Waals surface area contributed by atoms with Crippen LogP contribution in [-0.2, 0) is 27.1 Å². The van der Waals surface area contributed by atoms with Gasteiger partial charge in [-0.1, -0.05) is 48.0 Å². The lowest BCUT2D eigenvalue weighted by molar-refractivity contribution is 0.185. The molecule has 0 aliphatic rings. The van der Waals surface area contributed by atoms with Crippen molar-refractivity contribution in [2.75, 3.05) is 11.8 Å². The van der Waals surface area contributed by atoms with Crippen LogP contribution in [0.5, 0.6) is 0 Å². The Morgan fingerprint density at radius 1 is 1.04 bits per heavy atom. The summed E-state index contributed by atoms with van der Waals surface area (Å²) in [5.74, 6) is -0.0323.